The number of ketones is 1. The van der Waals surface area contributed by atoms with E-state index >= 15 is 0 Å². The summed E-state index contributed by atoms with van der Waals surface area (Å²) in [6, 6.07) is 26.2. The van der Waals surface area contributed by atoms with Gasteiger partial charge in [0, 0.05) is 23.7 Å². The quantitative estimate of drug-likeness (QED) is 0.157. The summed E-state index contributed by atoms with van der Waals surface area (Å²) in [6.45, 7) is 11.7. The molecule has 4 atom stereocenters. The van der Waals surface area contributed by atoms with Crippen LogP contribution in [0.15, 0.2) is 84.9 Å². The van der Waals surface area contributed by atoms with Gasteiger partial charge in [-0.1, -0.05) is 71.8 Å². The second-order valence-corrected chi connectivity index (χ2v) is 13.0. The van der Waals surface area contributed by atoms with Crippen molar-refractivity contribution < 1.29 is 29.0 Å². The standard InChI is InChI=1S/C40H44N2O6/c1-7-47-34-21-29(15-18-33(34)48-23-28-11-9-8-10-12-28)35-36(38(44)41-30-16-13-24(2)19-26(30)4)32(43)22-40(6,46)37(35)39(45)42-31-17-14-25(3)20-27(31)5/h8-21,35-37,46H,7,22-23H2,1-6H3,(H,41,44)(H,42,45). The molecule has 3 N–H and O–H groups in total. The normalized spacial score (nSPS) is 20.6. The van der Waals surface area contributed by atoms with Crippen LogP contribution in [0.3, 0.4) is 0 Å². The number of ether oxygens (including phenoxy) is 2. The van der Waals surface area contributed by atoms with Crippen LogP contribution in [-0.2, 0) is 21.0 Å². The van der Waals surface area contributed by atoms with Gasteiger partial charge in [0.05, 0.1) is 18.1 Å². The van der Waals surface area contributed by atoms with Crippen molar-refractivity contribution in [3.05, 3.63) is 118 Å². The Kier molecular flexibility index (Phi) is 10.3. The summed E-state index contributed by atoms with van der Waals surface area (Å²) in [4.78, 5) is 42.4. The molecule has 4 aromatic rings. The Balaban J connectivity index is 1.59. The summed E-state index contributed by atoms with van der Waals surface area (Å²) in [7, 11) is 0. The molecule has 0 heterocycles. The number of hydrogen-bond acceptors (Lipinski definition) is 6. The number of anilines is 2. The zero-order valence-electron chi connectivity index (χ0n) is 28.4. The highest BCUT2D eigenvalue weighted by atomic mass is 16.5. The van der Waals surface area contributed by atoms with Crippen LogP contribution in [0.25, 0.3) is 0 Å². The molecule has 8 heteroatoms. The van der Waals surface area contributed by atoms with Crippen LogP contribution >= 0.6 is 0 Å². The lowest BCUT2D eigenvalue weighted by Gasteiger charge is -2.44. The van der Waals surface area contributed by atoms with Gasteiger partial charge in [-0.2, -0.15) is 0 Å². The van der Waals surface area contributed by atoms with Gasteiger partial charge in [0.1, 0.15) is 18.3 Å². The second kappa shape index (κ2) is 14.4. The minimum absolute atomic E-state index is 0.304. The molecule has 4 aromatic carbocycles. The fourth-order valence-corrected chi connectivity index (χ4v) is 6.68. The highest BCUT2D eigenvalue weighted by molar-refractivity contribution is 6.10. The lowest BCUT2D eigenvalue weighted by molar-refractivity contribution is -0.150. The minimum Gasteiger partial charge on any atom is -0.490 e. The molecular formula is C40H44N2O6. The van der Waals surface area contributed by atoms with Crippen molar-refractivity contribution in [2.24, 2.45) is 11.8 Å². The number of hydrogen-bond donors (Lipinski definition) is 3. The molecule has 0 bridgehead atoms. The van der Waals surface area contributed by atoms with Gasteiger partial charge in [-0.15, -0.1) is 0 Å². The summed E-state index contributed by atoms with van der Waals surface area (Å²) in [5.74, 6) is -4.07. The average Bonchev–Trinajstić information content (AvgIpc) is 3.03. The van der Waals surface area contributed by atoms with E-state index in [2.05, 4.69) is 10.6 Å². The van der Waals surface area contributed by atoms with Gasteiger partial charge >= 0.3 is 0 Å². The Hall–Kier alpha value is -4.95. The average molecular weight is 649 g/mol. The van der Waals surface area contributed by atoms with Crippen LogP contribution in [0, 0.1) is 39.5 Å². The first kappa shape index (κ1) is 34.4. The predicted octanol–water partition coefficient (Wildman–Crippen LogP) is 7.22. The Bertz CT molecular complexity index is 1820. The zero-order valence-corrected chi connectivity index (χ0v) is 28.4. The molecule has 0 saturated heterocycles. The van der Waals surface area contributed by atoms with Crippen LogP contribution in [0.1, 0.15) is 59.6 Å². The van der Waals surface area contributed by atoms with E-state index in [0.29, 0.717) is 41.7 Å². The fraction of sp³-hybridized carbons (Fsp3) is 0.325. The first-order valence-electron chi connectivity index (χ1n) is 16.3. The Morgan fingerprint density at radius 1 is 0.792 bits per heavy atom. The van der Waals surface area contributed by atoms with Crippen molar-refractivity contribution in [1.29, 1.82) is 0 Å². The maximum atomic E-state index is 14.3. The van der Waals surface area contributed by atoms with E-state index in [1.165, 1.54) is 6.92 Å². The first-order chi connectivity index (χ1) is 22.9. The molecule has 1 saturated carbocycles. The monoisotopic (exact) mass is 648 g/mol. The molecule has 1 fully saturated rings. The van der Waals surface area contributed by atoms with Crippen molar-refractivity contribution in [3.8, 4) is 11.5 Å². The Labute approximate surface area is 282 Å². The number of Topliss-reactive ketones (excluding diaryl/α,β-unsaturated/α-hetero) is 1. The number of benzene rings is 4. The van der Waals surface area contributed by atoms with Crippen molar-refractivity contribution in [3.63, 3.8) is 0 Å². The fourth-order valence-electron chi connectivity index (χ4n) is 6.68. The molecule has 0 aliphatic heterocycles. The van der Waals surface area contributed by atoms with Gasteiger partial charge in [0.2, 0.25) is 11.8 Å². The van der Waals surface area contributed by atoms with Gasteiger partial charge in [0.25, 0.3) is 0 Å². The molecule has 1 aliphatic carbocycles. The summed E-state index contributed by atoms with van der Waals surface area (Å²) in [6.07, 6.45) is -0.365. The van der Waals surface area contributed by atoms with E-state index in [1.807, 2.05) is 95.3 Å². The van der Waals surface area contributed by atoms with E-state index in [1.54, 1.807) is 24.3 Å². The number of carbonyl (C=O) groups excluding carboxylic acids is 3. The molecule has 0 spiro atoms. The van der Waals surface area contributed by atoms with E-state index < -0.39 is 41.0 Å². The van der Waals surface area contributed by atoms with Crippen molar-refractivity contribution in [1.82, 2.24) is 0 Å². The van der Waals surface area contributed by atoms with Gasteiger partial charge in [-0.25, -0.2) is 0 Å². The lowest BCUT2D eigenvalue weighted by atomic mass is 9.61. The van der Waals surface area contributed by atoms with Gasteiger partial charge in [-0.05, 0) is 88.1 Å². The smallest absolute Gasteiger partial charge is 0.235 e. The largest absolute Gasteiger partial charge is 0.490 e. The van der Waals surface area contributed by atoms with E-state index in [4.69, 9.17) is 9.47 Å². The molecule has 4 unspecified atom stereocenters. The van der Waals surface area contributed by atoms with Crippen molar-refractivity contribution in [2.45, 2.75) is 66.1 Å². The SMILES string of the molecule is CCOc1cc(C2C(C(=O)Nc3ccc(C)cc3C)C(=O)CC(C)(O)C2C(=O)Nc2ccc(C)cc2C)ccc1OCc1ccccc1. The molecule has 0 radical (unpaired) electrons. The number of nitrogens with one attached hydrogen (secondary N) is 2. The molecule has 250 valence electrons. The third kappa shape index (κ3) is 7.60. The lowest BCUT2D eigenvalue weighted by Crippen LogP contribution is -2.56. The van der Waals surface area contributed by atoms with E-state index in [-0.39, 0.29) is 6.42 Å². The van der Waals surface area contributed by atoms with Crippen molar-refractivity contribution >= 4 is 29.0 Å². The predicted molar refractivity (Wildman–Crippen MR) is 187 cm³/mol. The van der Waals surface area contributed by atoms with Gasteiger partial charge < -0.3 is 25.2 Å². The zero-order chi connectivity index (χ0) is 34.6. The molecule has 0 aromatic heterocycles. The van der Waals surface area contributed by atoms with Crippen LogP contribution < -0.4 is 20.1 Å². The highest BCUT2D eigenvalue weighted by Crippen LogP contribution is 2.48. The van der Waals surface area contributed by atoms with Crippen LogP contribution in [0.2, 0.25) is 0 Å². The summed E-state index contributed by atoms with van der Waals surface area (Å²) < 4.78 is 12.1. The Morgan fingerprint density at radius 2 is 1.40 bits per heavy atom. The summed E-state index contributed by atoms with van der Waals surface area (Å²) in [5.41, 5.74) is 4.67. The molecular weight excluding hydrogens is 604 g/mol. The maximum absolute atomic E-state index is 14.3. The van der Waals surface area contributed by atoms with Crippen LogP contribution in [-0.4, -0.2) is 34.9 Å². The highest BCUT2D eigenvalue weighted by Gasteiger charge is 2.56. The number of carbonyl (C=O) groups is 3. The summed E-state index contributed by atoms with van der Waals surface area (Å²) in [5, 5.41) is 17.8. The number of rotatable bonds is 10. The number of amides is 2. The van der Waals surface area contributed by atoms with Gasteiger partial charge in [-0.3, -0.25) is 14.4 Å². The molecule has 2 amide bonds. The van der Waals surface area contributed by atoms with E-state index in [0.717, 1.165) is 27.8 Å². The van der Waals surface area contributed by atoms with E-state index in [9.17, 15) is 19.5 Å². The van der Waals surface area contributed by atoms with Crippen molar-refractivity contribution in [2.75, 3.05) is 17.2 Å². The molecule has 48 heavy (non-hydrogen) atoms. The van der Waals surface area contributed by atoms with Gasteiger partial charge in [0.15, 0.2) is 11.5 Å². The number of aliphatic hydroxyl groups is 1. The second-order valence-electron chi connectivity index (χ2n) is 13.0. The first-order valence-corrected chi connectivity index (χ1v) is 16.3. The molecule has 1 aliphatic rings. The molecule has 8 nitrogen and oxygen atoms in total. The maximum Gasteiger partial charge on any atom is 0.235 e. The third-order valence-electron chi connectivity index (χ3n) is 9.00. The molecule has 5 rings (SSSR count). The third-order valence-corrected chi connectivity index (χ3v) is 9.00. The Morgan fingerprint density at radius 3 is 1.98 bits per heavy atom. The van der Waals surface area contributed by atoms with Crippen LogP contribution in [0.5, 0.6) is 11.5 Å². The summed E-state index contributed by atoms with van der Waals surface area (Å²) >= 11 is 0. The minimum atomic E-state index is -1.75. The van der Waals surface area contributed by atoms with Crippen LogP contribution in [0.4, 0.5) is 11.4 Å². The topological polar surface area (TPSA) is 114 Å². The number of aryl methyl sites for hydroxylation is 4.